The van der Waals surface area contributed by atoms with Crippen LogP contribution in [0.15, 0.2) is 128 Å². The normalized spacial score (nSPS) is 11.3. The number of para-hydroxylation sites is 2. The molecule has 0 fully saturated rings. The minimum Gasteiger partial charge on any atom is -0.294 e. The molecule has 5 rings (SSSR count). The topological polar surface area (TPSA) is 29.0 Å². The first kappa shape index (κ1) is 22.1. The van der Waals surface area contributed by atoms with E-state index >= 15 is 0 Å². The molecule has 0 N–H and O–H groups in total. The Morgan fingerprint density at radius 1 is 0.600 bits per heavy atom. The van der Waals surface area contributed by atoms with Crippen LogP contribution in [0.4, 0.5) is 17.2 Å². The van der Waals surface area contributed by atoms with Crippen LogP contribution in [-0.4, -0.2) is 9.97 Å². The van der Waals surface area contributed by atoms with Crippen molar-refractivity contribution in [3.05, 3.63) is 138 Å². The summed E-state index contributed by atoms with van der Waals surface area (Å²) in [6, 6.07) is 39.1. The summed E-state index contributed by atoms with van der Waals surface area (Å²) < 4.78 is 0. The van der Waals surface area contributed by atoms with Gasteiger partial charge in [0.15, 0.2) is 5.82 Å². The fourth-order valence-corrected chi connectivity index (χ4v) is 4.11. The fourth-order valence-electron chi connectivity index (χ4n) is 4.11. The molecule has 0 saturated carbocycles. The molecule has 0 spiro atoms. The number of nitrogens with zero attached hydrogens (tertiary/aromatic N) is 3. The Morgan fingerprint density at radius 3 is 1.74 bits per heavy atom. The van der Waals surface area contributed by atoms with Crippen molar-refractivity contribution in [1.82, 2.24) is 9.97 Å². The van der Waals surface area contributed by atoms with E-state index in [1.807, 2.05) is 72.8 Å². The van der Waals surface area contributed by atoms with Gasteiger partial charge in [-0.3, -0.25) is 4.90 Å². The maximum absolute atomic E-state index is 5.11. The molecule has 0 saturated heterocycles. The first-order valence-electron chi connectivity index (χ1n) is 11.5. The number of allylic oxidation sites excluding steroid dienone is 1. The van der Waals surface area contributed by atoms with Crippen LogP contribution in [0.25, 0.3) is 35.2 Å². The van der Waals surface area contributed by atoms with Gasteiger partial charge in [-0.2, -0.15) is 0 Å². The minimum atomic E-state index is 0.626. The molecular weight excluding hydrogens is 426 g/mol. The van der Waals surface area contributed by atoms with Crippen LogP contribution < -0.4 is 15.5 Å². The Balaban J connectivity index is 1.74. The molecule has 3 heteroatoms. The zero-order valence-electron chi connectivity index (χ0n) is 19.4. The molecule has 0 radical (unpaired) electrons. The number of aromatic nitrogens is 2. The number of anilines is 3. The molecule has 0 aliphatic heterocycles. The lowest BCUT2D eigenvalue weighted by Crippen LogP contribution is -2.34. The third kappa shape index (κ3) is 4.66. The number of hydrogen-bond acceptors (Lipinski definition) is 3. The van der Waals surface area contributed by atoms with Gasteiger partial charge in [-0.05, 0) is 47.5 Å². The van der Waals surface area contributed by atoms with Gasteiger partial charge >= 0.3 is 0 Å². The highest BCUT2D eigenvalue weighted by Gasteiger charge is 2.17. The lowest BCUT2D eigenvalue weighted by Gasteiger charge is -2.25. The van der Waals surface area contributed by atoms with Crippen LogP contribution in [0, 0.1) is 0 Å². The van der Waals surface area contributed by atoms with Gasteiger partial charge in [0.2, 0.25) is 0 Å². The number of hydrogen-bond donors (Lipinski definition) is 0. The molecule has 0 amide bonds. The Bertz CT molecular complexity index is 1520. The first-order chi connectivity index (χ1) is 17.2. The van der Waals surface area contributed by atoms with Crippen molar-refractivity contribution in [2.45, 2.75) is 0 Å². The van der Waals surface area contributed by atoms with Crippen molar-refractivity contribution in [3.8, 4) is 22.5 Å². The van der Waals surface area contributed by atoms with E-state index in [1.165, 1.54) is 0 Å². The summed E-state index contributed by atoms with van der Waals surface area (Å²) in [4.78, 5) is 12.0. The van der Waals surface area contributed by atoms with E-state index in [1.54, 1.807) is 6.08 Å². The maximum Gasteiger partial charge on any atom is 0.162 e. The van der Waals surface area contributed by atoms with Gasteiger partial charge in [-0.15, -0.1) is 0 Å². The fraction of sp³-hybridized carbons (Fsp3) is 0. The van der Waals surface area contributed by atoms with Crippen LogP contribution in [0.1, 0.15) is 0 Å². The summed E-state index contributed by atoms with van der Waals surface area (Å²) in [5.41, 5.74) is 5.20. The van der Waals surface area contributed by atoms with Crippen LogP contribution in [-0.2, 0) is 0 Å². The van der Waals surface area contributed by atoms with Gasteiger partial charge in [0.05, 0.1) is 5.35 Å². The van der Waals surface area contributed by atoms with E-state index in [9.17, 15) is 0 Å². The second kappa shape index (κ2) is 10.0. The highest BCUT2D eigenvalue weighted by Crippen LogP contribution is 2.32. The SMILES string of the molecule is C=C/C=c1/c(N(c2ccccc2)c2ccccc2)nc(-c2cccc(-c3ccccc3)c2)nc1=C. The van der Waals surface area contributed by atoms with Gasteiger partial charge in [0.25, 0.3) is 0 Å². The summed E-state index contributed by atoms with van der Waals surface area (Å²) >= 11 is 0. The van der Waals surface area contributed by atoms with E-state index in [0.29, 0.717) is 11.2 Å². The molecule has 35 heavy (non-hydrogen) atoms. The first-order valence-corrected chi connectivity index (χ1v) is 11.5. The summed E-state index contributed by atoms with van der Waals surface area (Å²) in [7, 11) is 0. The summed E-state index contributed by atoms with van der Waals surface area (Å²) in [5, 5.41) is 1.47. The molecule has 5 aromatic rings. The van der Waals surface area contributed by atoms with Gasteiger partial charge in [0, 0.05) is 22.2 Å². The quantitative estimate of drug-likeness (QED) is 0.289. The highest BCUT2D eigenvalue weighted by atomic mass is 15.2. The molecule has 0 aliphatic carbocycles. The molecule has 0 bridgehead atoms. The van der Waals surface area contributed by atoms with Crippen LogP contribution in [0.3, 0.4) is 0 Å². The third-order valence-electron chi connectivity index (χ3n) is 5.76. The summed E-state index contributed by atoms with van der Waals surface area (Å²) in [6.07, 6.45) is 3.67. The minimum absolute atomic E-state index is 0.626. The van der Waals surface area contributed by atoms with Crippen molar-refractivity contribution in [2.75, 3.05) is 4.90 Å². The number of rotatable bonds is 6. The van der Waals surface area contributed by atoms with Crippen LogP contribution in [0.5, 0.6) is 0 Å². The van der Waals surface area contributed by atoms with Gasteiger partial charge in [0.1, 0.15) is 5.82 Å². The van der Waals surface area contributed by atoms with Gasteiger partial charge < -0.3 is 0 Å². The largest absolute Gasteiger partial charge is 0.294 e. The van der Waals surface area contributed by atoms with Crippen molar-refractivity contribution >= 4 is 29.8 Å². The molecule has 0 aliphatic rings. The molecular formula is C32H25N3. The standard InChI is InChI=1S/C32H25N3/c1-3-14-30-24(2)33-31(27-18-13-17-26(23-27)25-15-7-4-8-16-25)34-32(30)35(28-19-9-5-10-20-28)29-21-11-6-12-22-29/h3-23H,1-2H2/b30-14+. The zero-order valence-corrected chi connectivity index (χ0v) is 19.4. The Morgan fingerprint density at radius 2 is 1.14 bits per heavy atom. The van der Waals surface area contributed by atoms with E-state index in [0.717, 1.165) is 39.1 Å². The Hall–Kier alpha value is -4.76. The summed E-state index contributed by atoms with van der Waals surface area (Å²) in [5.74, 6) is 1.38. The van der Waals surface area contributed by atoms with Crippen molar-refractivity contribution in [1.29, 1.82) is 0 Å². The smallest absolute Gasteiger partial charge is 0.162 e. The van der Waals surface area contributed by atoms with E-state index < -0.39 is 0 Å². The second-order valence-electron chi connectivity index (χ2n) is 8.09. The maximum atomic E-state index is 5.11. The molecule has 168 valence electrons. The Kier molecular flexibility index (Phi) is 6.31. The Labute approximate surface area is 205 Å². The molecule has 0 unspecified atom stereocenters. The van der Waals surface area contributed by atoms with Crippen LogP contribution in [0.2, 0.25) is 0 Å². The molecule has 1 heterocycles. The lowest BCUT2D eigenvalue weighted by molar-refractivity contribution is 1.07. The lowest BCUT2D eigenvalue weighted by atomic mass is 10.0. The van der Waals surface area contributed by atoms with E-state index in [-0.39, 0.29) is 0 Å². The predicted octanol–water partition coefficient (Wildman–Crippen LogP) is 6.66. The second-order valence-corrected chi connectivity index (χ2v) is 8.09. The number of benzene rings is 4. The predicted molar refractivity (Wildman–Crippen MR) is 147 cm³/mol. The molecule has 3 nitrogen and oxygen atoms in total. The summed E-state index contributed by atoms with van der Waals surface area (Å²) in [6.45, 7) is 8.19. The molecule has 0 atom stereocenters. The highest BCUT2D eigenvalue weighted by molar-refractivity contribution is 5.77. The van der Waals surface area contributed by atoms with Crippen LogP contribution >= 0.6 is 0 Å². The van der Waals surface area contributed by atoms with Gasteiger partial charge in [-0.1, -0.05) is 104 Å². The third-order valence-corrected chi connectivity index (χ3v) is 5.76. The van der Waals surface area contributed by atoms with E-state index in [4.69, 9.17) is 9.97 Å². The van der Waals surface area contributed by atoms with Crippen molar-refractivity contribution in [3.63, 3.8) is 0 Å². The van der Waals surface area contributed by atoms with Gasteiger partial charge in [-0.25, -0.2) is 9.97 Å². The van der Waals surface area contributed by atoms with Crippen molar-refractivity contribution in [2.24, 2.45) is 0 Å². The monoisotopic (exact) mass is 451 g/mol. The molecule has 4 aromatic carbocycles. The average molecular weight is 452 g/mol. The van der Waals surface area contributed by atoms with E-state index in [2.05, 4.69) is 66.6 Å². The zero-order chi connectivity index (χ0) is 24.0. The molecule has 1 aromatic heterocycles. The average Bonchev–Trinajstić information content (AvgIpc) is 2.92. The van der Waals surface area contributed by atoms with Crippen molar-refractivity contribution < 1.29 is 0 Å².